The van der Waals surface area contributed by atoms with Crippen LogP contribution >= 0.6 is 17.9 Å². The quantitative estimate of drug-likeness (QED) is 0.643. The van der Waals surface area contributed by atoms with Crippen molar-refractivity contribution < 1.29 is 9.42 Å². The van der Waals surface area contributed by atoms with Crippen molar-refractivity contribution in [3.8, 4) is 5.75 Å². The Morgan fingerprint density at radius 1 is 1.47 bits per heavy atom. The Balaban J connectivity index is 2.91. The molecule has 0 radical (unpaired) electrons. The lowest BCUT2D eigenvalue weighted by Gasteiger charge is -2.15. The zero-order chi connectivity index (χ0) is 11.5. The predicted molar refractivity (Wildman–Crippen MR) is 71.1 cm³/mol. The summed E-state index contributed by atoms with van der Waals surface area (Å²) in [5, 5.41) is 0. The minimum Gasteiger partial charge on any atom is -0.436 e. The van der Waals surface area contributed by atoms with Crippen molar-refractivity contribution in [3.05, 3.63) is 29.8 Å². The Bertz CT molecular complexity index is 373. The van der Waals surface area contributed by atoms with E-state index >= 15 is 0 Å². The SMILES string of the molecule is CC(C)Cc1ccccc1OP(O)(=S)S. The molecule has 1 atom stereocenters. The molecule has 1 rings (SSSR count). The maximum atomic E-state index is 9.40. The van der Waals surface area contributed by atoms with Crippen molar-refractivity contribution in [1.29, 1.82) is 0 Å². The normalized spacial score (nSPS) is 15.0. The van der Waals surface area contributed by atoms with Gasteiger partial charge in [0.15, 0.2) is 0 Å². The molecule has 0 aliphatic heterocycles. The molecule has 0 aromatic heterocycles. The van der Waals surface area contributed by atoms with Crippen LogP contribution in [0.4, 0.5) is 0 Å². The lowest BCUT2D eigenvalue weighted by atomic mass is 10.0. The van der Waals surface area contributed by atoms with Gasteiger partial charge in [0.2, 0.25) is 0 Å². The van der Waals surface area contributed by atoms with Gasteiger partial charge in [0.05, 0.1) is 0 Å². The molecule has 0 bridgehead atoms. The predicted octanol–water partition coefficient (Wildman–Crippen LogP) is 3.41. The maximum absolute atomic E-state index is 9.40. The van der Waals surface area contributed by atoms with Gasteiger partial charge in [-0.25, -0.2) is 0 Å². The van der Waals surface area contributed by atoms with Crippen LogP contribution in [-0.2, 0) is 18.2 Å². The van der Waals surface area contributed by atoms with E-state index in [4.69, 9.17) is 16.3 Å². The average molecular weight is 262 g/mol. The smallest absolute Gasteiger partial charge is 0.291 e. The van der Waals surface area contributed by atoms with Gasteiger partial charge in [0.25, 0.3) is 5.69 Å². The molecular weight excluding hydrogens is 247 g/mol. The van der Waals surface area contributed by atoms with Crippen LogP contribution in [0.2, 0.25) is 0 Å². The van der Waals surface area contributed by atoms with E-state index in [0.717, 1.165) is 12.0 Å². The highest BCUT2D eigenvalue weighted by Gasteiger charge is 2.12. The minimum absolute atomic E-state index is 0.534. The lowest BCUT2D eigenvalue weighted by Crippen LogP contribution is -1.97. The molecule has 0 saturated heterocycles. The third-order valence-electron chi connectivity index (χ3n) is 1.82. The number of hydrogen-bond acceptors (Lipinski definition) is 2. The Morgan fingerprint density at radius 2 is 2.07 bits per heavy atom. The topological polar surface area (TPSA) is 29.5 Å². The molecule has 0 amide bonds. The van der Waals surface area contributed by atoms with Gasteiger partial charge in [-0.1, -0.05) is 44.3 Å². The summed E-state index contributed by atoms with van der Waals surface area (Å²) in [7, 11) is 0. The molecule has 1 N–H and O–H groups in total. The third-order valence-corrected chi connectivity index (χ3v) is 2.72. The number of rotatable bonds is 4. The Morgan fingerprint density at radius 3 is 2.60 bits per heavy atom. The molecule has 0 aliphatic carbocycles. The average Bonchev–Trinajstić information content (AvgIpc) is 2.05. The van der Waals surface area contributed by atoms with E-state index in [0.29, 0.717) is 11.7 Å². The summed E-state index contributed by atoms with van der Waals surface area (Å²) in [5.41, 5.74) is -1.87. The highest BCUT2D eigenvalue weighted by atomic mass is 32.9. The van der Waals surface area contributed by atoms with E-state index in [1.807, 2.05) is 24.3 Å². The minimum atomic E-state index is -2.93. The fraction of sp³-hybridized carbons (Fsp3) is 0.400. The standard InChI is InChI=1S/C10H15O2PS2/c1-8(2)7-9-5-3-4-6-10(9)12-13(11,14)15/h3-6,8H,7H2,1-2H3,(H2,11,14,15). The summed E-state index contributed by atoms with van der Waals surface area (Å²) in [6.07, 6.45) is 0.902. The second kappa shape index (κ2) is 5.35. The maximum Gasteiger partial charge on any atom is 0.291 e. The molecule has 1 aromatic rings. The van der Waals surface area contributed by atoms with Crippen molar-refractivity contribution >= 4 is 29.7 Å². The Kier molecular flexibility index (Phi) is 4.65. The van der Waals surface area contributed by atoms with Crippen molar-refractivity contribution in [2.75, 3.05) is 0 Å². The monoisotopic (exact) mass is 262 g/mol. The first-order valence-corrected chi connectivity index (χ1v) is 8.54. The van der Waals surface area contributed by atoms with E-state index in [1.165, 1.54) is 0 Å². The second-order valence-corrected chi connectivity index (χ2v) is 8.87. The van der Waals surface area contributed by atoms with Crippen LogP contribution in [0.25, 0.3) is 0 Å². The molecule has 5 heteroatoms. The van der Waals surface area contributed by atoms with E-state index < -0.39 is 5.69 Å². The number of benzene rings is 1. The van der Waals surface area contributed by atoms with Gasteiger partial charge in [-0.05, 0) is 35.8 Å². The molecular formula is C10H15O2PS2. The molecule has 0 saturated carbocycles. The second-order valence-electron chi connectivity index (χ2n) is 3.79. The van der Waals surface area contributed by atoms with Gasteiger partial charge < -0.3 is 9.42 Å². The number of hydrogen-bond donors (Lipinski definition) is 2. The van der Waals surface area contributed by atoms with Crippen molar-refractivity contribution in [3.63, 3.8) is 0 Å². The summed E-state index contributed by atoms with van der Waals surface area (Å²) in [6.45, 7) is 4.26. The summed E-state index contributed by atoms with van der Waals surface area (Å²) in [4.78, 5) is 9.40. The lowest BCUT2D eigenvalue weighted by molar-refractivity contribution is 0.496. The summed E-state index contributed by atoms with van der Waals surface area (Å²) >= 11 is 8.61. The highest BCUT2D eigenvalue weighted by Crippen LogP contribution is 2.48. The van der Waals surface area contributed by atoms with Gasteiger partial charge >= 0.3 is 0 Å². The van der Waals surface area contributed by atoms with Gasteiger partial charge in [0, 0.05) is 0 Å². The van der Waals surface area contributed by atoms with Gasteiger partial charge in [0.1, 0.15) is 5.75 Å². The van der Waals surface area contributed by atoms with E-state index in [1.54, 1.807) is 0 Å². The Labute approximate surface area is 101 Å². The number of para-hydroxylation sites is 1. The summed E-state index contributed by atoms with van der Waals surface area (Å²) < 4.78 is 5.28. The first-order valence-electron chi connectivity index (χ1n) is 4.71. The van der Waals surface area contributed by atoms with Gasteiger partial charge in [-0.2, -0.15) is 0 Å². The molecule has 0 fully saturated rings. The zero-order valence-electron chi connectivity index (χ0n) is 8.75. The summed E-state index contributed by atoms with van der Waals surface area (Å²) in [6, 6.07) is 7.60. The number of thiol groups is 1. The van der Waals surface area contributed by atoms with E-state index in [9.17, 15) is 4.89 Å². The van der Waals surface area contributed by atoms with Crippen LogP contribution in [0.15, 0.2) is 24.3 Å². The first-order chi connectivity index (χ1) is 6.88. The third kappa shape index (κ3) is 5.03. The summed E-state index contributed by atoms with van der Waals surface area (Å²) in [5.74, 6) is 1.18. The first kappa shape index (κ1) is 13.0. The molecule has 0 heterocycles. The largest absolute Gasteiger partial charge is 0.436 e. The fourth-order valence-electron chi connectivity index (χ4n) is 1.33. The molecule has 0 aliphatic rings. The molecule has 0 spiro atoms. The van der Waals surface area contributed by atoms with Crippen LogP contribution in [0.3, 0.4) is 0 Å². The highest BCUT2D eigenvalue weighted by molar-refractivity contribution is 8.59. The van der Waals surface area contributed by atoms with Crippen molar-refractivity contribution in [1.82, 2.24) is 0 Å². The van der Waals surface area contributed by atoms with Gasteiger partial charge in [-0.15, -0.1) is 0 Å². The van der Waals surface area contributed by atoms with Crippen LogP contribution in [0.1, 0.15) is 19.4 Å². The van der Waals surface area contributed by atoms with Crippen LogP contribution in [-0.4, -0.2) is 4.89 Å². The molecule has 84 valence electrons. The van der Waals surface area contributed by atoms with Crippen LogP contribution in [0, 0.1) is 5.92 Å². The van der Waals surface area contributed by atoms with E-state index in [2.05, 4.69) is 26.1 Å². The van der Waals surface area contributed by atoms with E-state index in [-0.39, 0.29) is 0 Å². The molecule has 15 heavy (non-hydrogen) atoms. The van der Waals surface area contributed by atoms with Crippen molar-refractivity contribution in [2.24, 2.45) is 5.92 Å². The van der Waals surface area contributed by atoms with Crippen LogP contribution < -0.4 is 4.52 Å². The van der Waals surface area contributed by atoms with Gasteiger partial charge in [-0.3, -0.25) is 0 Å². The van der Waals surface area contributed by atoms with Crippen LogP contribution in [0.5, 0.6) is 5.75 Å². The van der Waals surface area contributed by atoms with Crippen molar-refractivity contribution in [2.45, 2.75) is 20.3 Å². The molecule has 1 aromatic carbocycles. The molecule has 1 unspecified atom stereocenters. The zero-order valence-corrected chi connectivity index (χ0v) is 11.4. The Hall–Kier alpha value is -0.0200. The fourth-order valence-corrected chi connectivity index (χ4v) is 2.27. The molecule has 2 nitrogen and oxygen atoms in total.